The van der Waals surface area contributed by atoms with Gasteiger partial charge in [0.05, 0.1) is 12.1 Å². The van der Waals surface area contributed by atoms with Crippen LogP contribution in [0.25, 0.3) is 0 Å². The fourth-order valence-corrected chi connectivity index (χ4v) is 2.84. The minimum absolute atomic E-state index is 0.158. The molecule has 0 amide bonds. The summed E-state index contributed by atoms with van der Waals surface area (Å²) in [5.41, 5.74) is 3.87. The minimum atomic E-state index is -0.515. The Morgan fingerprint density at radius 3 is 2.75 bits per heavy atom. The standard InChI is InChI=1S/C15H16N2O3/c1-16-15(13-7-8-14(20-13)17(18)19)12-6-5-10-3-2-4-11(10)9-12/h5-9,15-16H,2-4H2,1H3. The van der Waals surface area contributed by atoms with Crippen molar-refractivity contribution >= 4 is 5.88 Å². The van der Waals surface area contributed by atoms with Crippen molar-refractivity contribution in [1.29, 1.82) is 0 Å². The van der Waals surface area contributed by atoms with E-state index in [0.29, 0.717) is 5.76 Å². The molecular weight excluding hydrogens is 256 g/mol. The van der Waals surface area contributed by atoms with Gasteiger partial charge >= 0.3 is 5.88 Å². The van der Waals surface area contributed by atoms with Crippen LogP contribution in [0.2, 0.25) is 0 Å². The van der Waals surface area contributed by atoms with E-state index < -0.39 is 4.92 Å². The molecule has 5 nitrogen and oxygen atoms in total. The number of nitrogens with one attached hydrogen (secondary N) is 1. The molecule has 0 saturated heterocycles. The number of nitro groups is 1. The predicted octanol–water partition coefficient (Wildman–Crippen LogP) is 2.99. The van der Waals surface area contributed by atoms with Gasteiger partial charge in [0, 0.05) is 0 Å². The van der Waals surface area contributed by atoms with Gasteiger partial charge in [-0.05, 0) is 49.1 Å². The van der Waals surface area contributed by atoms with Crippen LogP contribution in [-0.4, -0.2) is 12.0 Å². The first kappa shape index (κ1) is 12.9. The molecule has 0 saturated carbocycles. The smallest absolute Gasteiger partial charge is 0.404 e. The van der Waals surface area contributed by atoms with Gasteiger partial charge in [-0.1, -0.05) is 18.2 Å². The molecule has 104 valence electrons. The van der Waals surface area contributed by atoms with E-state index >= 15 is 0 Å². The van der Waals surface area contributed by atoms with Crippen molar-refractivity contribution in [3.8, 4) is 0 Å². The zero-order chi connectivity index (χ0) is 14.1. The summed E-state index contributed by atoms with van der Waals surface area (Å²) in [6, 6.07) is 9.30. The van der Waals surface area contributed by atoms with Crippen LogP contribution in [0.4, 0.5) is 5.88 Å². The summed E-state index contributed by atoms with van der Waals surface area (Å²) < 4.78 is 5.31. The number of furan rings is 1. The molecule has 0 fully saturated rings. The first-order valence-electron chi connectivity index (χ1n) is 6.72. The second-order valence-electron chi connectivity index (χ2n) is 5.04. The Morgan fingerprint density at radius 1 is 1.25 bits per heavy atom. The summed E-state index contributed by atoms with van der Waals surface area (Å²) in [7, 11) is 1.83. The lowest BCUT2D eigenvalue weighted by Crippen LogP contribution is -2.17. The maximum absolute atomic E-state index is 10.7. The molecule has 3 rings (SSSR count). The van der Waals surface area contributed by atoms with Crippen LogP contribution < -0.4 is 5.32 Å². The van der Waals surface area contributed by atoms with Gasteiger partial charge in [-0.15, -0.1) is 0 Å². The molecule has 20 heavy (non-hydrogen) atoms. The first-order chi connectivity index (χ1) is 9.69. The number of fused-ring (bicyclic) bond motifs is 1. The van der Waals surface area contributed by atoms with E-state index in [9.17, 15) is 10.1 Å². The quantitative estimate of drug-likeness (QED) is 0.686. The molecule has 5 heteroatoms. The van der Waals surface area contributed by atoms with Crippen molar-refractivity contribution in [3.05, 3.63) is 62.9 Å². The van der Waals surface area contributed by atoms with E-state index in [4.69, 9.17) is 4.42 Å². The molecule has 1 aliphatic rings. The fraction of sp³-hybridized carbons (Fsp3) is 0.333. The Balaban J connectivity index is 1.94. The molecule has 1 heterocycles. The topological polar surface area (TPSA) is 68.3 Å². The molecule has 1 unspecified atom stereocenters. The Labute approximate surface area is 116 Å². The monoisotopic (exact) mass is 272 g/mol. The highest BCUT2D eigenvalue weighted by atomic mass is 16.6. The van der Waals surface area contributed by atoms with Gasteiger partial charge in [-0.2, -0.15) is 0 Å². The molecule has 0 aliphatic heterocycles. The van der Waals surface area contributed by atoms with Crippen molar-refractivity contribution in [2.24, 2.45) is 0 Å². The van der Waals surface area contributed by atoms with E-state index in [1.165, 1.54) is 23.6 Å². The lowest BCUT2D eigenvalue weighted by atomic mass is 10.00. The van der Waals surface area contributed by atoms with Crippen LogP contribution in [0.5, 0.6) is 0 Å². The lowest BCUT2D eigenvalue weighted by Gasteiger charge is -2.15. The van der Waals surface area contributed by atoms with Crippen molar-refractivity contribution < 1.29 is 9.34 Å². The zero-order valence-corrected chi connectivity index (χ0v) is 11.3. The average molecular weight is 272 g/mol. The van der Waals surface area contributed by atoms with Gasteiger partial charge in [-0.25, -0.2) is 0 Å². The van der Waals surface area contributed by atoms with Crippen LogP contribution in [0, 0.1) is 10.1 Å². The molecule has 1 aliphatic carbocycles. The molecule has 1 aromatic carbocycles. The average Bonchev–Trinajstić information content (AvgIpc) is 3.07. The molecule has 1 atom stereocenters. The van der Waals surface area contributed by atoms with Gasteiger partial charge in [0.15, 0.2) is 0 Å². The summed E-state index contributed by atoms with van der Waals surface area (Å²) in [6.07, 6.45) is 3.46. The largest absolute Gasteiger partial charge is 0.433 e. The number of hydrogen-bond acceptors (Lipinski definition) is 4. The lowest BCUT2D eigenvalue weighted by molar-refractivity contribution is -0.402. The maximum Gasteiger partial charge on any atom is 0.433 e. The summed E-state index contributed by atoms with van der Waals surface area (Å²) in [4.78, 5) is 10.2. The minimum Gasteiger partial charge on any atom is -0.404 e. The van der Waals surface area contributed by atoms with E-state index in [1.54, 1.807) is 6.07 Å². The van der Waals surface area contributed by atoms with Gasteiger partial charge in [-0.3, -0.25) is 10.1 Å². The molecule has 1 N–H and O–H groups in total. The molecule has 0 bridgehead atoms. The van der Waals surface area contributed by atoms with Crippen LogP contribution in [0.1, 0.15) is 34.9 Å². The van der Waals surface area contributed by atoms with E-state index in [1.807, 2.05) is 7.05 Å². The second-order valence-corrected chi connectivity index (χ2v) is 5.04. The number of benzene rings is 1. The molecule has 0 spiro atoms. The highest BCUT2D eigenvalue weighted by molar-refractivity contribution is 5.39. The number of rotatable bonds is 4. The summed E-state index contributed by atoms with van der Waals surface area (Å²) in [5, 5.41) is 13.9. The van der Waals surface area contributed by atoms with Crippen molar-refractivity contribution in [3.63, 3.8) is 0 Å². The Morgan fingerprint density at radius 2 is 2.05 bits per heavy atom. The van der Waals surface area contributed by atoms with Gasteiger partial charge < -0.3 is 9.73 Å². The second kappa shape index (κ2) is 5.09. The number of hydrogen-bond donors (Lipinski definition) is 1. The third-order valence-corrected chi connectivity index (χ3v) is 3.82. The molecule has 0 radical (unpaired) electrons. The predicted molar refractivity (Wildman–Crippen MR) is 74.7 cm³/mol. The van der Waals surface area contributed by atoms with Crippen LogP contribution >= 0.6 is 0 Å². The molecule has 2 aromatic rings. The highest BCUT2D eigenvalue weighted by Crippen LogP contribution is 2.30. The number of aryl methyl sites for hydroxylation is 2. The van der Waals surface area contributed by atoms with Gasteiger partial charge in [0.1, 0.15) is 10.7 Å². The van der Waals surface area contributed by atoms with Crippen LogP contribution in [-0.2, 0) is 12.8 Å². The summed E-state index contributed by atoms with van der Waals surface area (Å²) in [6.45, 7) is 0. The highest BCUT2D eigenvalue weighted by Gasteiger charge is 2.21. The third kappa shape index (κ3) is 2.20. The Bertz CT molecular complexity index is 648. The SMILES string of the molecule is CNC(c1ccc2c(c1)CCC2)c1ccc([N+](=O)[O-])o1. The Kier molecular flexibility index (Phi) is 3.28. The van der Waals surface area contributed by atoms with Crippen molar-refractivity contribution in [2.75, 3.05) is 7.05 Å². The molecular formula is C15H16N2O3. The summed E-state index contributed by atoms with van der Waals surface area (Å²) >= 11 is 0. The zero-order valence-electron chi connectivity index (χ0n) is 11.3. The normalized spacial score (nSPS) is 15.1. The van der Waals surface area contributed by atoms with Gasteiger partial charge in [0.2, 0.25) is 0 Å². The Hall–Kier alpha value is -2.14. The van der Waals surface area contributed by atoms with Crippen molar-refractivity contribution in [1.82, 2.24) is 5.32 Å². The fourth-order valence-electron chi connectivity index (χ4n) is 2.84. The van der Waals surface area contributed by atoms with E-state index in [2.05, 4.69) is 23.5 Å². The van der Waals surface area contributed by atoms with Crippen molar-refractivity contribution in [2.45, 2.75) is 25.3 Å². The third-order valence-electron chi connectivity index (χ3n) is 3.82. The number of nitrogens with zero attached hydrogens (tertiary/aromatic N) is 1. The van der Waals surface area contributed by atoms with E-state index in [0.717, 1.165) is 18.4 Å². The van der Waals surface area contributed by atoms with Crippen LogP contribution in [0.3, 0.4) is 0 Å². The first-order valence-corrected chi connectivity index (χ1v) is 6.72. The van der Waals surface area contributed by atoms with E-state index in [-0.39, 0.29) is 11.9 Å². The van der Waals surface area contributed by atoms with Crippen LogP contribution in [0.15, 0.2) is 34.7 Å². The van der Waals surface area contributed by atoms with Gasteiger partial charge in [0.25, 0.3) is 0 Å². The maximum atomic E-state index is 10.7. The molecule has 1 aromatic heterocycles. The summed E-state index contributed by atoms with van der Waals surface area (Å²) in [5.74, 6) is 0.346.